The number of aryl methyl sites for hydroxylation is 1. The van der Waals surface area contributed by atoms with Crippen molar-refractivity contribution in [2.45, 2.75) is 43.4 Å². The molecule has 0 spiro atoms. The number of hydrogen-bond donors (Lipinski definition) is 0. The number of rotatable bonds is 1. The van der Waals surface area contributed by atoms with Gasteiger partial charge in [0, 0.05) is 11.1 Å². The second-order valence-electron chi connectivity index (χ2n) is 5.33. The molecule has 4 heteroatoms. The number of fused-ring (bicyclic) bond motifs is 2. The summed E-state index contributed by atoms with van der Waals surface area (Å²) in [5.74, 6) is -0.226. The number of benzene rings is 2. The molecule has 3 nitrogen and oxygen atoms in total. The fourth-order valence-electron chi connectivity index (χ4n) is 2.19. The highest BCUT2D eigenvalue weighted by molar-refractivity contribution is 7.91. The van der Waals surface area contributed by atoms with E-state index in [1.54, 1.807) is 43.3 Å². The van der Waals surface area contributed by atoms with E-state index in [2.05, 4.69) is 13.8 Å². The third-order valence-corrected chi connectivity index (χ3v) is 5.44. The first-order chi connectivity index (χ1) is 10.4. The van der Waals surface area contributed by atoms with E-state index in [1.807, 2.05) is 0 Å². The van der Waals surface area contributed by atoms with Gasteiger partial charge in [-0.1, -0.05) is 44.9 Å². The second kappa shape index (κ2) is 6.44. The van der Waals surface area contributed by atoms with Crippen LogP contribution in [-0.4, -0.2) is 14.2 Å². The lowest BCUT2D eigenvalue weighted by molar-refractivity contribution is 0.103. The van der Waals surface area contributed by atoms with Crippen LogP contribution in [0.3, 0.4) is 0 Å². The molecule has 0 saturated heterocycles. The molecule has 116 valence electrons. The lowest BCUT2D eigenvalue weighted by Crippen LogP contribution is -2.20. The summed E-state index contributed by atoms with van der Waals surface area (Å²) < 4.78 is 24.9. The maximum Gasteiger partial charge on any atom is 0.208 e. The first-order valence-corrected chi connectivity index (χ1v) is 8.91. The molecule has 3 rings (SSSR count). The molecule has 1 heterocycles. The van der Waals surface area contributed by atoms with E-state index in [0.29, 0.717) is 0 Å². The Balaban J connectivity index is 0.000000396. The summed E-state index contributed by atoms with van der Waals surface area (Å²) in [5.41, 5.74) is 1.35. The van der Waals surface area contributed by atoms with Crippen LogP contribution in [-0.2, 0) is 9.84 Å². The van der Waals surface area contributed by atoms with Gasteiger partial charge in [0.05, 0.1) is 9.79 Å². The van der Waals surface area contributed by atoms with E-state index in [9.17, 15) is 13.2 Å². The predicted molar refractivity (Wildman–Crippen MR) is 87.1 cm³/mol. The SMILES string of the molecule is CCCC.Cc1ccc2c(c1)S(=O)(=O)c1ccccc1C2=O. The van der Waals surface area contributed by atoms with Gasteiger partial charge in [0.15, 0.2) is 5.78 Å². The van der Waals surface area contributed by atoms with Crippen LogP contribution in [0.5, 0.6) is 0 Å². The summed E-state index contributed by atoms with van der Waals surface area (Å²) in [4.78, 5) is 12.5. The molecule has 0 radical (unpaired) electrons. The minimum atomic E-state index is -3.58. The van der Waals surface area contributed by atoms with Crippen molar-refractivity contribution < 1.29 is 13.2 Å². The summed E-state index contributed by atoms with van der Waals surface area (Å²) >= 11 is 0. The van der Waals surface area contributed by atoms with Crippen LogP contribution >= 0.6 is 0 Å². The van der Waals surface area contributed by atoms with Gasteiger partial charge in [-0.05, 0) is 36.8 Å². The molecule has 0 atom stereocenters. The average molecular weight is 316 g/mol. The summed E-state index contributed by atoms with van der Waals surface area (Å²) in [5, 5.41) is 0. The minimum absolute atomic E-state index is 0.105. The normalized spacial score (nSPS) is 14.4. The van der Waals surface area contributed by atoms with Gasteiger partial charge in [-0.15, -0.1) is 0 Å². The average Bonchev–Trinajstić information content (AvgIpc) is 2.53. The van der Waals surface area contributed by atoms with E-state index in [4.69, 9.17) is 0 Å². The molecule has 1 aliphatic heterocycles. The zero-order valence-corrected chi connectivity index (χ0v) is 13.9. The molecule has 0 aliphatic carbocycles. The van der Waals surface area contributed by atoms with Gasteiger partial charge in [-0.2, -0.15) is 0 Å². The van der Waals surface area contributed by atoms with Crippen molar-refractivity contribution in [2.75, 3.05) is 0 Å². The number of ketones is 1. The van der Waals surface area contributed by atoms with E-state index in [-0.39, 0.29) is 26.7 Å². The maximum absolute atomic E-state index is 12.4. The van der Waals surface area contributed by atoms with Crippen LogP contribution in [0.15, 0.2) is 52.3 Å². The van der Waals surface area contributed by atoms with Crippen LogP contribution in [0.1, 0.15) is 48.2 Å². The number of sulfone groups is 1. The Hall–Kier alpha value is -1.94. The van der Waals surface area contributed by atoms with E-state index in [0.717, 1.165) is 5.56 Å². The summed E-state index contributed by atoms with van der Waals surface area (Å²) in [6.07, 6.45) is 2.64. The summed E-state index contributed by atoms with van der Waals surface area (Å²) in [6.45, 7) is 6.17. The van der Waals surface area contributed by atoms with Gasteiger partial charge in [0.1, 0.15) is 0 Å². The van der Waals surface area contributed by atoms with Crippen LogP contribution in [0.25, 0.3) is 0 Å². The number of carbonyl (C=O) groups excluding carboxylic acids is 1. The molecule has 0 fully saturated rings. The molecule has 2 aromatic carbocycles. The summed E-state index contributed by atoms with van der Waals surface area (Å²) in [6, 6.07) is 11.2. The van der Waals surface area contributed by atoms with Crippen molar-refractivity contribution in [3.05, 3.63) is 59.2 Å². The van der Waals surface area contributed by atoms with Crippen molar-refractivity contribution >= 4 is 15.6 Å². The predicted octanol–water partition coefficient (Wildman–Crippen LogP) is 4.18. The zero-order chi connectivity index (χ0) is 16.3. The monoisotopic (exact) mass is 316 g/mol. The molecular weight excluding hydrogens is 296 g/mol. The number of carbonyl (C=O) groups is 1. The maximum atomic E-state index is 12.4. The molecule has 0 N–H and O–H groups in total. The Morgan fingerprint density at radius 3 is 2.09 bits per heavy atom. The molecule has 0 bridgehead atoms. The third-order valence-electron chi connectivity index (χ3n) is 3.59. The third kappa shape index (κ3) is 2.83. The Bertz CT molecular complexity index is 803. The largest absolute Gasteiger partial charge is 0.289 e. The Kier molecular flexibility index (Phi) is 4.81. The van der Waals surface area contributed by atoms with Crippen LogP contribution in [0.4, 0.5) is 0 Å². The lowest BCUT2D eigenvalue weighted by atomic mass is 10.0. The molecule has 2 aromatic rings. The van der Waals surface area contributed by atoms with Crippen LogP contribution in [0, 0.1) is 6.92 Å². The molecule has 1 aliphatic rings. The quantitative estimate of drug-likeness (QED) is 0.677. The Labute approximate surface area is 131 Å². The molecule has 22 heavy (non-hydrogen) atoms. The van der Waals surface area contributed by atoms with Gasteiger partial charge < -0.3 is 0 Å². The minimum Gasteiger partial charge on any atom is -0.289 e. The Morgan fingerprint density at radius 1 is 0.864 bits per heavy atom. The van der Waals surface area contributed by atoms with E-state index < -0.39 is 9.84 Å². The van der Waals surface area contributed by atoms with Crippen LogP contribution < -0.4 is 0 Å². The first-order valence-electron chi connectivity index (χ1n) is 7.43. The van der Waals surface area contributed by atoms with Gasteiger partial charge in [0.25, 0.3) is 0 Å². The smallest absolute Gasteiger partial charge is 0.208 e. The van der Waals surface area contributed by atoms with Crippen molar-refractivity contribution in [1.29, 1.82) is 0 Å². The lowest BCUT2D eigenvalue weighted by Gasteiger charge is -2.18. The highest BCUT2D eigenvalue weighted by atomic mass is 32.2. The van der Waals surface area contributed by atoms with Crippen molar-refractivity contribution in [2.24, 2.45) is 0 Å². The fourth-order valence-corrected chi connectivity index (χ4v) is 3.93. The van der Waals surface area contributed by atoms with Crippen molar-refractivity contribution in [3.63, 3.8) is 0 Å². The topological polar surface area (TPSA) is 51.2 Å². The van der Waals surface area contributed by atoms with Gasteiger partial charge >= 0.3 is 0 Å². The van der Waals surface area contributed by atoms with Crippen molar-refractivity contribution in [3.8, 4) is 0 Å². The van der Waals surface area contributed by atoms with E-state index in [1.165, 1.54) is 18.9 Å². The molecule has 0 saturated carbocycles. The van der Waals surface area contributed by atoms with E-state index >= 15 is 0 Å². The number of hydrogen-bond acceptors (Lipinski definition) is 3. The highest BCUT2D eigenvalue weighted by Crippen LogP contribution is 2.34. The van der Waals surface area contributed by atoms with Crippen molar-refractivity contribution in [1.82, 2.24) is 0 Å². The molecule has 0 aromatic heterocycles. The number of unbranched alkanes of at least 4 members (excludes halogenated alkanes) is 1. The fraction of sp³-hybridized carbons (Fsp3) is 0.278. The van der Waals surface area contributed by atoms with Crippen LogP contribution in [0.2, 0.25) is 0 Å². The van der Waals surface area contributed by atoms with Gasteiger partial charge in [0.2, 0.25) is 9.84 Å². The highest BCUT2D eigenvalue weighted by Gasteiger charge is 2.34. The zero-order valence-electron chi connectivity index (χ0n) is 13.1. The molecule has 0 unspecified atom stereocenters. The van der Waals surface area contributed by atoms with Gasteiger partial charge in [-0.25, -0.2) is 8.42 Å². The second-order valence-corrected chi connectivity index (χ2v) is 7.21. The summed E-state index contributed by atoms with van der Waals surface area (Å²) in [7, 11) is -3.58. The molecular formula is C18H20O3S. The Morgan fingerprint density at radius 2 is 1.45 bits per heavy atom. The van der Waals surface area contributed by atoms with Gasteiger partial charge in [-0.3, -0.25) is 4.79 Å². The molecule has 0 amide bonds. The standard InChI is InChI=1S/C14H10O3S.C4H10/c1-9-6-7-11-13(8-9)18(16,17)12-5-3-2-4-10(12)14(11)15;1-3-4-2/h2-8H,1H3;3-4H2,1-2H3. The first kappa shape index (κ1) is 16.4.